The van der Waals surface area contributed by atoms with Crippen LogP contribution in [-0.2, 0) is 13.5 Å². The van der Waals surface area contributed by atoms with Crippen molar-refractivity contribution in [1.82, 2.24) is 14.5 Å². The molecular formula is C23H27N3O2. The molecule has 1 heterocycles. The number of hydrogen-bond acceptors (Lipinski definition) is 3. The first-order valence-electron chi connectivity index (χ1n) is 9.49. The van der Waals surface area contributed by atoms with Gasteiger partial charge >= 0.3 is 0 Å². The largest absolute Gasteiger partial charge is 0.507 e. The number of phenols is 1. The molecule has 1 aromatic heterocycles. The van der Waals surface area contributed by atoms with E-state index in [0.717, 1.165) is 40.9 Å². The van der Waals surface area contributed by atoms with Gasteiger partial charge in [-0.05, 0) is 66.8 Å². The summed E-state index contributed by atoms with van der Waals surface area (Å²) < 4.78 is 2.01. The molecule has 5 heteroatoms. The van der Waals surface area contributed by atoms with Gasteiger partial charge in [0.25, 0.3) is 5.91 Å². The smallest absolute Gasteiger partial charge is 0.253 e. The first-order chi connectivity index (χ1) is 13.4. The van der Waals surface area contributed by atoms with Gasteiger partial charge in [-0.3, -0.25) is 4.79 Å². The van der Waals surface area contributed by atoms with E-state index in [4.69, 9.17) is 0 Å². The van der Waals surface area contributed by atoms with Gasteiger partial charge < -0.3 is 14.6 Å². The predicted molar refractivity (Wildman–Crippen MR) is 112 cm³/mol. The van der Waals surface area contributed by atoms with Crippen LogP contribution in [0.1, 0.15) is 33.7 Å². The van der Waals surface area contributed by atoms with Gasteiger partial charge in [0.2, 0.25) is 0 Å². The van der Waals surface area contributed by atoms with Crippen molar-refractivity contribution in [2.24, 2.45) is 7.05 Å². The Balaban J connectivity index is 1.63. The number of imidazole rings is 1. The van der Waals surface area contributed by atoms with E-state index in [9.17, 15) is 9.90 Å². The van der Waals surface area contributed by atoms with E-state index < -0.39 is 0 Å². The highest BCUT2D eigenvalue weighted by molar-refractivity contribution is 5.94. The number of amides is 1. The van der Waals surface area contributed by atoms with Crippen molar-refractivity contribution in [2.75, 3.05) is 13.6 Å². The van der Waals surface area contributed by atoms with Gasteiger partial charge in [-0.1, -0.05) is 12.1 Å². The summed E-state index contributed by atoms with van der Waals surface area (Å²) in [6.07, 6.45) is 5.45. The highest BCUT2D eigenvalue weighted by Gasteiger charge is 2.12. The molecular weight excluding hydrogens is 350 g/mol. The molecule has 0 aliphatic heterocycles. The van der Waals surface area contributed by atoms with E-state index in [-0.39, 0.29) is 5.91 Å². The number of carbonyl (C=O) groups is 1. The second kappa shape index (κ2) is 8.30. The summed E-state index contributed by atoms with van der Waals surface area (Å²) in [5, 5.41) is 9.95. The molecule has 0 aliphatic carbocycles. The molecule has 0 spiro atoms. The highest BCUT2D eigenvalue weighted by Crippen LogP contribution is 2.29. The fourth-order valence-electron chi connectivity index (χ4n) is 3.36. The van der Waals surface area contributed by atoms with E-state index in [1.54, 1.807) is 11.1 Å². The molecule has 0 saturated carbocycles. The number of carbonyl (C=O) groups excluding carboxylic acids is 1. The number of rotatable bonds is 6. The first-order valence-corrected chi connectivity index (χ1v) is 9.49. The molecule has 0 bridgehead atoms. The van der Waals surface area contributed by atoms with Crippen LogP contribution in [0.25, 0.3) is 11.1 Å². The maximum Gasteiger partial charge on any atom is 0.253 e. The summed E-state index contributed by atoms with van der Waals surface area (Å²) in [6, 6.07) is 11.6. The third-order valence-electron chi connectivity index (χ3n) is 5.12. The average molecular weight is 377 g/mol. The van der Waals surface area contributed by atoms with Crippen LogP contribution in [0.5, 0.6) is 5.75 Å². The molecule has 3 aromatic rings. The topological polar surface area (TPSA) is 58.4 Å². The van der Waals surface area contributed by atoms with Gasteiger partial charge in [0.15, 0.2) is 0 Å². The van der Waals surface area contributed by atoms with Crippen molar-refractivity contribution >= 4 is 5.91 Å². The summed E-state index contributed by atoms with van der Waals surface area (Å²) in [7, 11) is 3.82. The van der Waals surface area contributed by atoms with E-state index in [1.165, 1.54) is 0 Å². The number of aryl methyl sites for hydroxylation is 4. The summed E-state index contributed by atoms with van der Waals surface area (Å²) >= 11 is 0. The zero-order chi connectivity index (χ0) is 20.3. The number of benzene rings is 2. The van der Waals surface area contributed by atoms with Gasteiger partial charge in [-0.25, -0.2) is 4.98 Å². The Bertz CT molecular complexity index is 951. The molecule has 1 N–H and O–H groups in total. The minimum absolute atomic E-state index is 0.0180. The Hall–Kier alpha value is -3.08. The Morgan fingerprint density at radius 2 is 1.75 bits per heavy atom. The molecule has 0 atom stereocenters. The van der Waals surface area contributed by atoms with Crippen LogP contribution >= 0.6 is 0 Å². The molecule has 0 aliphatic rings. The van der Waals surface area contributed by atoms with Gasteiger partial charge in [0.1, 0.15) is 11.6 Å². The highest BCUT2D eigenvalue weighted by atomic mass is 16.3. The number of aromatic hydroxyl groups is 1. The second-order valence-electron chi connectivity index (χ2n) is 7.32. The third-order valence-corrected chi connectivity index (χ3v) is 5.12. The molecule has 0 fully saturated rings. The third kappa shape index (κ3) is 4.25. The Labute approximate surface area is 166 Å². The van der Waals surface area contributed by atoms with Crippen LogP contribution < -0.4 is 0 Å². The van der Waals surface area contributed by atoms with E-state index in [0.29, 0.717) is 17.9 Å². The van der Waals surface area contributed by atoms with E-state index in [2.05, 4.69) is 4.98 Å². The van der Waals surface area contributed by atoms with Gasteiger partial charge in [-0.15, -0.1) is 0 Å². The van der Waals surface area contributed by atoms with Crippen LogP contribution in [0.2, 0.25) is 0 Å². The molecule has 0 saturated heterocycles. The lowest BCUT2D eigenvalue weighted by molar-refractivity contribution is 0.0793. The maximum atomic E-state index is 12.7. The predicted octanol–water partition coefficient (Wildman–Crippen LogP) is 4.11. The van der Waals surface area contributed by atoms with Crippen molar-refractivity contribution in [3.63, 3.8) is 0 Å². The summed E-state index contributed by atoms with van der Waals surface area (Å²) in [5.74, 6) is 1.39. The molecule has 0 radical (unpaired) electrons. The molecule has 28 heavy (non-hydrogen) atoms. The van der Waals surface area contributed by atoms with Gasteiger partial charge in [0.05, 0.1) is 0 Å². The van der Waals surface area contributed by atoms with Crippen molar-refractivity contribution in [1.29, 1.82) is 0 Å². The minimum atomic E-state index is 0.0180. The van der Waals surface area contributed by atoms with Gasteiger partial charge in [-0.2, -0.15) is 0 Å². The fourth-order valence-corrected chi connectivity index (χ4v) is 3.36. The lowest BCUT2D eigenvalue weighted by Gasteiger charge is -2.17. The Morgan fingerprint density at radius 1 is 1.11 bits per heavy atom. The molecule has 3 rings (SSSR count). The molecule has 1 amide bonds. The van der Waals surface area contributed by atoms with Crippen LogP contribution in [-0.4, -0.2) is 39.1 Å². The zero-order valence-corrected chi connectivity index (χ0v) is 16.9. The first kappa shape index (κ1) is 19.7. The number of hydrogen-bond donors (Lipinski definition) is 1. The monoisotopic (exact) mass is 377 g/mol. The lowest BCUT2D eigenvalue weighted by Crippen LogP contribution is -2.28. The fraction of sp³-hybridized carbons (Fsp3) is 0.304. The van der Waals surface area contributed by atoms with Crippen molar-refractivity contribution in [3.05, 3.63) is 71.3 Å². The van der Waals surface area contributed by atoms with E-state index in [1.807, 2.05) is 75.1 Å². The van der Waals surface area contributed by atoms with Crippen LogP contribution in [0.3, 0.4) is 0 Å². The number of aromatic nitrogens is 2. The molecule has 0 unspecified atom stereocenters. The summed E-state index contributed by atoms with van der Waals surface area (Å²) in [5.41, 5.74) is 4.44. The van der Waals surface area contributed by atoms with Crippen LogP contribution in [0, 0.1) is 13.8 Å². The van der Waals surface area contributed by atoms with Gasteiger partial charge in [0, 0.05) is 45.0 Å². The zero-order valence-electron chi connectivity index (χ0n) is 16.9. The quantitative estimate of drug-likeness (QED) is 0.703. The Kier molecular flexibility index (Phi) is 5.83. The SMILES string of the molecule is Cc1cc(-c2ccc(C(=O)N(C)CCCc3nccn3C)cc2)cc(C)c1O. The van der Waals surface area contributed by atoms with Crippen molar-refractivity contribution < 1.29 is 9.90 Å². The van der Waals surface area contributed by atoms with Crippen LogP contribution in [0.4, 0.5) is 0 Å². The molecule has 5 nitrogen and oxygen atoms in total. The second-order valence-corrected chi connectivity index (χ2v) is 7.32. The lowest BCUT2D eigenvalue weighted by atomic mass is 9.99. The number of nitrogens with zero attached hydrogens (tertiary/aromatic N) is 3. The van der Waals surface area contributed by atoms with Crippen molar-refractivity contribution in [2.45, 2.75) is 26.7 Å². The minimum Gasteiger partial charge on any atom is -0.507 e. The normalized spacial score (nSPS) is 10.9. The Morgan fingerprint density at radius 3 is 2.32 bits per heavy atom. The van der Waals surface area contributed by atoms with Crippen molar-refractivity contribution in [3.8, 4) is 16.9 Å². The number of phenolic OH excluding ortho intramolecular Hbond substituents is 1. The van der Waals surface area contributed by atoms with Crippen LogP contribution in [0.15, 0.2) is 48.8 Å². The molecule has 146 valence electrons. The standard InChI is InChI=1S/C23H27N3O2/c1-16-14-20(15-17(2)22(16)27)18-7-9-19(10-8-18)23(28)26(4)12-5-6-21-24-11-13-25(21)3/h7-11,13-15,27H,5-6,12H2,1-4H3. The summed E-state index contributed by atoms with van der Waals surface area (Å²) in [4.78, 5) is 18.7. The summed E-state index contributed by atoms with van der Waals surface area (Å²) in [6.45, 7) is 4.47. The average Bonchev–Trinajstić information content (AvgIpc) is 3.10. The van der Waals surface area contributed by atoms with E-state index >= 15 is 0 Å². The maximum absolute atomic E-state index is 12.7. The molecule has 2 aromatic carbocycles.